The number of methoxy groups -OCH3 is 1. The number of carbonyl (C=O) groups is 1. The summed E-state index contributed by atoms with van der Waals surface area (Å²) < 4.78 is 5.21. The van der Waals surface area contributed by atoms with Gasteiger partial charge in [-0.05, 0) is 35.9 Å². The van der Waals surface area contributed by atoms with Crippen molar-refractivity contribution in [2.24, 2.45) is 0 Å². The highest BCUT2D eigenvalue weighted by molar-refractivity contribution is 5.92. The highest BCUT2D eigenvalue weighted by Crippen LogP contribution is 2.26. The fourth-order valence-electron chi connectivity index (χ4n) is 1.80. The predicted octanol–water partition coefficient (Wildman–Crippen LogP) is 2.96. The Morgan fingerprint density at radius 3 is 2.62 bits per heavy atom. The maximum Gasteiger partial charge on any atom is 0.267 e. The minimum absolute atomic E-state index is 0.587. The lowest BCUT2D eigenvalue weighted by Gasteiger charge is -2.11. The largest absolute Gasteiger partial charge is 0.497 e. The Morgan fingerprint density at radius 2 is 1.95 bits per heavy atom. The van der Waals surface area contributed by atoms with Gasteiger partial charge in [-0.15, -0.1) is 0 Å². The van der Waals surface area contributed by atoms with Gasteiger partial charge in [0.25, 0.3) is 5.91 Å². The molecule has 0 radical (unpaired) electrons. The van der Waals surface area contributed by atoms with Crippen LogP contribution in [0.4, 0.5) is 11.4 Å². The van der Waals surface area contributed by atoms with E-state index in [0.29, 0.717) is 5.75 Å². The lowest BCUT2D eigenvalue weighted by Crippen LogP contribution is -2.14. The van der Waals surface area contributed by atoms with Gasteiger partial charge in [-0.3, -0.25) is 10.0 Å². The molecule has 0 fully saturated rings. The molecule has 0 unspecified atom stereocenters. The Morgan fingerprint density at radius 1 is 1.19 bits per heavy atom. The van der Waals surface area contributed by atoms with Crippen molar-refractivity contribution in [3.8, 4) is 5.75 Å². The molecule has 0 saturated carbocycles. The zero-order chi connectivity index (χ0) is 15.1. The third kappa shape index (κ3) is 4.09. The summed E-state index contributed by atoms with van der Waals surface area (Å²) in [5.41, 5.74) is 4.07. The van der Waals surface area contributed by atoms with Crippen LogP contribution in [0.5, 0.6) is 5.75 Å². The summed E-state index contributed by atoms with van der Waals surface area (Å²) in [6, 6.07) is 15.1. The highest BCUT2D eigenvalue weighted by Gasteiger charge is 2.03. The first-order valence-electron chi connectivity index (χ1n) is 6.35. The van der Waals surface area contributed by atoms with E-state index in [4.69, 9.17) is 9.94 Å². The monoisotopic (exact) mass is 284 g/mol. The molecule has 5 nitrogen and oxygen atoms in total. The van der Waals surface area contributed by atoms with Crippen molar-refractivity contribution in [3.63, 3.8) is 0 Å². The van der Waals surface area contributed by atoms with Gasteiger partial charge in [-0.25, -0.2) is 5.48 Å². The van der Waals surface area contributed by atoms with Gasteiger partial charge in [0.15, 0.2) is 0 Å². The lowest BCUT2D eigenvalue weighted by molar-refractivity contribution is -0.124. The van der Waals surface area contributed by atoms with Crippen LogP contribution < -0.4 is 15.5 Å². The van der Waals surface area contributed by atoms with Crippen LogP contribution in [-0.4, -0.2) is 18.2 Å². The Labute approximate surface area is 122 Å². The van der Waals surface area contributed by atoms with Gasteiger partial charge in [0.05, 0.1) is 7.11 Å². The molecule has 0 spiro atoms. The van der Waals surface area contributed by atoms with Gasteiger partial charge in [0.2, 0.25) is 0 Å². The number of hydrogen-bond donors (Lipinski definition) is 3. The fraction of sp³-hybridized carbons (Fsp3) is 0.0625. The molecule has 108 valence electrons. The van der Waals surface area contributed by atoms with Crippen LogP contribution in [0.15, 0.2) is 54.6 Å². The summed E-state index contributed by atoms with van der Waals surface area (Å²) in [6.45, 7) is 0. The molecule has 1 amide bonds. The zero-order valence-electron chi connectivity index (χ0n) is 11.5. The van der Waals surface area contributed by atoms with Gasteiger partial charge >= 0.3 is 0 Å². The molecular weight excluding hydrogens is 268 g/mol. The summed E-state index contributed by atoms with van der Waals surface area (Å²) in [6.07, 6.45) is 2.86. The third-order valence-corrected chi connectivity index (χ3v) is 2.84. The van der Waals surface area contributed by atoms with Crippen molar-refractivity contribution in [1.82, 2.24) is 5.48 Å². The average Bonchev–Trinajstić information content (AvgIpc) is 2.54. The minimum Gasteiger partial charge on any atom is -0.497 e. The van der Waals surface area contributed by atoms with Crippen molar-refractivity contribution >= 4 is 23.4 Å². The number of benzene rings is 2. The molecule has 21 heavy (non-hydrogen) atoms. The number of carbonyl (C=O) groups excluding carboxylic acids is 1. The quantitative estimate of drug-likeness (QED) is 0.448. The van der Waals surface area contributed by atoms with E-state index < -0.39 is 5.91 Å². The second kappa shape index (κ2) is 7.12. The summed E-state index contributed by atoms with van der Waals surface area (Å²) in [7, 11) is 1.59. The molecule has 2 aromatic rings. The minimum atomic E-state index is -0.587. The number of amides is 1. The SMILES string of the molecule is COc1ccc(/C=C/C(=O)NO)c(Nc2ccccc2)c1. The number of ether oxygens (including phenoxy) is 1. The van der Waals surface area contributed by atoms with Gasteiger partial charge in [0.1, 0.15) is 5.75 Å². The molecule has 2 aromatic carbocycles. The second-order valence-corrected chi connectivity index (χ2v) is 4.25. The van der Waals surface area contributed by atoms with Crippen molar-refractivity contribution in [2.75, 3.05) is 12.4 Å². The molecule has 0 atom stereocenters. The Kier molecular flexibility index (Phi) is 4.95. The molecule has 0 aliphatic heterocycles. The molecule has 0 saturated heterocycles. The maximum absolute atomic E-state index is 11.1. The summed E-state index contributed by atoms with van der Waals surface area (Å²) in [4.78, 5) is 11.1. The van der Waals surface area contributed by atoms with Crippen LogP contribution in [0, 0.1) is 0 Å². The molecule has 2 rings (SSSR count). The van der Waals surface area contributed by atoms with E-state index in [0.717, 1.165) is 16.9 Å². The smallest absolute Gasteiger partial charge is 0.267 e. The van der Waals surface area contributed by atoms with Crippen LogP contribution in [-0.2, 0) is 4.79 Å². The Hall–Kier alpha value is -2.79. The summed E-state index contributed by atoms with van der Waals surface area (Å²) in [5.74, 6) is 0.119. The zero-order valence-corrected chi connectivity index (χ0v) is 11.5. The number of para-hydroxylation sites is 1. The second-order valence-electron chi connectivity index (χ2n) is 4.25. The Bertz CT molecular complexity index is 639. The van der Waals surface area contributed by atoms with Crippen LogP contribution in [0.25, 0.3) is 6.08 Å². The van der Waals surface area contributed by atoms with Crippen molar-refractivity contribution in [3.05, 3.63) is 60.2 Å². The topological polar surface area (TPSA) is 70.6 Å². The molecule has 0 aromatic heterocycles. The first-order chi connectivity index (χ1) is 10.2. The highest BCUT2D eigenvalue weighted by atomic mass is 16.5. The van der Waals surface area contributed by atoms with Gasteiger partial charge in [-0.1, -0.05) is 18.2 Å². The Balaban J connectivity index is 2.31. The number of nitrogens with one attached hydrogen (secondary N) is 2. The van der Waals surface area contributed by atoms with Crippen molar-refractivity contribution in [2.45, 2.75) is 0 Å². The fourth-order valence-corrected chi connectivity index (χ4v) is 1.80. The van der Waals surface area contributed by atoms with Gasteiger partial charge in [-0.2, -0.15) is 0 Å². The number of rotatable bonds is 5. The summed E-state index contributed by atoms with van der Waals surface area (Å²) in [5, 5.41) is 11.8. The van der Waals surface area contributed by atoms with Gasteiger partial charge < -0.3 is 10.1 Å². The first kappa shape index (κ1) is 14.6. The van der Waals surface area contributed by atoms with Crippen molar-refractivity contribution < 1.29 is 14.7 Å². The number of hydroxylamine groups is 1. The van der Waals surface area contributed by atoms with Crippen LogP contribution in [0.1, 0.15) is 5.56 Å². The number of anilines is 2. The lowest BCUT2D eigenvalue weighted by atomic mass is 10.1. The predicted molar refractivity (Wildman–Crippen MR) is 81.7 cm³/mol. The van der Waals surface area contributed by atoms with E-state index in [1.807, 2.05) is 42.5 Å². The molecular formula is C16H16N2O3. The van der Waals surface area contributed by atoms with Crippen molar-refractivity contribution in [1.29, 1.82) is 0 Å². The van der Waals surface area contributed by atoms with E-state index in [9.17, 15) is 4.79 Å². The first-order valence-corrected chi connectivity index (χ1v) is 6.35. The average molecular weight is 284 g/mol. The molecule has 0 aliphatic rings. The molecule has 0 aliphatic carbocycles. The van der Waals surface area contributed by atoms with Gasteiger partial charge in [0, 0.05) is 23.5 Å². The van der Waals surface area contributed by atoms with E-state index in [1.54, 1.807) is 24.7 Å². The maximum atomic E-state index is 11.1. The van der Waals surface area contributed by atoms with Crippen LogP contribution in [0.2, 0.25) is 0 Å². The van der Waals surface area contributed by atoms with E-state index in [-0.39, 0.29) is 0 Å². The molecule has 0 heterocycles. The molecule has 3 N–H and O–H groups in total. The summed E-state index contributed by atoms with van der Waals surface area (Å²) >= 11 is 0. The molecule has 5 heteroatoms. The van der Waals surface area contributed by atoms with Crippen LogP contribution >= 0.6 is 0 Å². The van der Waals surface area contributed by atoms with Crippen LogP contribution in [0.3, 0.4) is 0 Å². The van der Waals surface area contributed by atoms with E-state index >= 15 is 0 Å². The number of hydrogen-bond acceptors (Lipinski definition) is 4. The van der Waals surface area contributed by atoms with E-state index in [1.165, 1.54) is 6.08 Å². The molecule has 0 bridgehead atoms. The standard InChI is InChI=1S/C16H16N2O3/c1-21-14-9-7-12(8-10-16(19)18-20)15(11-14)17-13-5-3-2-4-6-13/h2-11,17,20H,1H3,(H,18,19)/b10-8+. The third-order valence-electron chi connectivity index (χ3n) is 2.84. The normalized spacial score (nSPS) is 10.4. The van der Waals surface area contributed by atoms with E-state index in [2.05, 4.69) is 5.32 Å².